The van der Waals surface area contributed by atoms with Gasteiger partial charge in [0.05, 0.1) is 0 Å². The first-order valence-corrected chi connectivity index (χ1v) is 8.03. The number of amides is 2. The van der Waals surface area contributed by atoms with E-state index in [0.717, 1.165) is 12.1 Å². The van der Waals surface area contributed by atoms with E-state index in [0.29, 0.717) is 32.4 Å². The average molecular weight is 354 g/mol. The number of rotatable bonds is 4. The van der Waals surface area contributed by atoms with Crippen molar-refractivity contribution in [2.45, 2.75) is 32.2 Å². The van der Waals surface area contributed by atoms with Crippen molar-refractivity contribution in [3.05, 3.63) is 35.4 Å². The van der Waals surface area contributed by atoms with E-state index in [1.807, 2.05) is 0 Å². The van der Waals surface area contributed by atoms with Crippen LogP contribution in [0.4, 0.5) is 8.78 Å². The van der Waals surface area contributed by atoms with Crippen molar-refractivity contribution in [1.29, 1.82) is 0 Å². The van der Waals surface area contributed by atoms with Crippen molar-refractivity contribution < 1.29 is 28.3 Å². The third-order valence-electron chi connectivity index (χ3n) is 4.30. The van der Waals surface area contributed by atoms with Gasteiger partial charge in [0.2, 0.25) is 5.91 Å². The number of benzene rings is 1. The molecule has 1 aliphatic heterocycles. The second-order valence-electron chi connectivity index (χ2n) is 6.05. The van der Waals surface area contributed by atoms with Crippen molar-refractivity contribution in [2.24, 2.45) is 0 Å². The van der Waals surface area contributed by atoms with Crippen LogP contribution in [0.1, 0.15) is 36.5 Å². The number of likely N-dealkylation sites (tertiary alicyclic amines) is 1. The van der Waals surface area contributed by atoms with Crippen LogP contribution < -0.4 is 0 Å². The van der Waals surface area contributed by atoms with E-state index in [1.54, 1.807) is 0 Å². The fourth-order valence-electron chi connectivity index (χ4n) is 3.05. The number of carbonyl (C=O) groups excluding carboxylic acids is 2. The fourth-order valence-corrected chi connectivity index (χ4v) is 3.05. The average Bonchev–Trinajstić information content (AvgIpc) is 2.80. The largest absolute Gasteiger partial charge is 0.480 e. The van der Waals surface area contributed by atoms with Gasteiger partial charge < -0.3 is 14.9 Å². The molecule has 1 atom stereocenters. The molecule has 1 unspecified atom stereocenters. The Hall–Kier alpha value is -2.51. The topological polar surface area (TPSA) is 77.9 Å². The predicted molar refractivity (Wildman–Crippen MR) is 84.9 cm³/mol. The summed E-state index contributed by atoms with van der Waals surface area (Å²) in [7, 11) is 0. The van der Waals surface area contributed by atoms with Crippen LogP contribution in [0, 0.1) is 11.6 Å². The molecule has 25 heavy (non-hydrogen) atoms. The summed E-state index contributed by atoms with van der Waals surface area (Å²) < 4.78 is 26.3. The molecular weight excluding hydrogens is 334 g/mol. The van der Waals surface area contributed by atoms with Crippen molar-refractivity contribution in [3.63, 3.8) is 0 Å². The lowest BCUT2D eigenvalue weighted by molar-refractivity contribution is -0.145. The minimum Gasteiger partial charge on any atom is -0.480 e. The molecule has 1 heterocycles. The lowest BCUT2D eigenvalue weighted by Crippen LogP contribution is -2.43. The molecule has 0 bridgehead atoms. The maximum absolute atomic E-state index is 13.3. The Morgan fingerprint density at radius 1 is 1.20 bits per heavy atom. The quantitative estimate of drug-likeness (QED) is 0.896. The van der Waals surface area contributed by atoms with Crippen LogP contribution in [-0.4, -0.2) is 58.4 Å². The molecule has 1 aromatic rings. The third kappa shape index (κ3) is 4.74. The maximum atomic E-state index is 13.3. The molecule has 0 radical (unpaired) electrons. The first-order valence-electron chi connectivity index (χ1n) is 8.03. The number of aliphatic carboxylic acids is 1. The summed E-state index contributed by atoms with van der Waals surface area (Å²) in [6.45, 7) is 1.66. The first kappa shape index (κ1) is 18.8. The van der Waals surface area contributed by atoms with Crippen molar-refractivity contribution in [1.82, 2.24) is 9.80 Å². The number of carbonyl (C=O) groups is 3. The SMILES string of the molecule is CC(=O)N(CC(=O)O)C1CCCN(C(=O)c2ccc(F)c(F)c2)CC1. The van der Waals surface area contributed by atoms with E-state index >= 15 is 0 Å². The summed E-state index contributed by atoms with van der Waals surface area (Å²) in [5, 5.41) is 8.95. The zero-order valence-corrected chi connectivity index (χ0v) is 13.9. The van der Waals surface area contributed by atoms with Gasteiger partial charge in [0.15, 0.2) is 11.6 Å². The van der Waals surface area contributed by atoms with E-state index in [-0.39, 0.29) is 24.1 Å². The number of hydrogen-bond donors (Lipinski definition) is 1. The van der Waals surface area contributed by atoms with Crippen LogP contribution in [0.25, 0.3) is 0 Å². The van der Waals surface area contributed by atoms with Gasteiger partial charge in [0.1, 0.15) is 6.54 Å². The first-order chi connectivity index (χ1) is 11.8. The van der Waals surface area contributed by atoms with Gasteiger partial charge in [-0.15, -0.1) is 0 Å². The van der Waals surface area contributed by atoms with Gasteiger partial charge in [-0.3, -0.25) is 14.4 Å². The summed E-state index contributed by atoms with van der Waals surface area (Å²) in [5.74, 6) is -3.92. The Morgan fingerprint density at radius 3 is 2.52 bits per heavy atom. The summed E-state index contributed by atoms with van der Waals surface area (Å²) in [5.41, 5.74) is 0.0614. The molecule has 8 heteroatoms. The molecule has 0 spiro atoms. The van der Waals surface area contributed by atoms with Crippen LogP contribution >= 0.6 is 0 Å². The second-order valence-corrected chi connectivity index (χ2v) is 6.05. The lowest BCUT2D eigenvalue weighted by Gasteiger charge is -2.28. The summed E-state index contributed by atoms with van der Waals surface area (Å²) in [4.78, 5) is 37.9. The van der Waals surface area contributed by atoms with Gasteiger partial charge in [-0.25, -0.2) is 8.78 Å². The summed E-state index contributed by atoms with van der Waals surface area (Å²) in [6, 6.07) is 2.74. The molecule has 1 aliphatic rings. The van der Waals surface area contributed by atoms with Crippen LogP contribution in [0.2, 0.25) is 0 Å². The van der Waals surface area contributed by atoms with E-state index in [2.05, 4.69) is 0 Å². The van der Waals surface area contributed by atoms with Crippen LogP contribution in [0.15, 0.2) is 18.2 Å². The van der Waals surface area contributed by atoms with Gasteiger partial charge in [0, 0.05) is 31.6 Å². The smallest absolute Gasteiger partial charge is 0.323 e. The van der Waals surface area contributed by atoms with Crippen molar-refractivity contribution >= 4 is 17.8 Å². The minimum absolute atomic E-state index is 0.0614. The van der Waals surface area contributed by atoms with E-state index < -0.39 is 23.5 Å². The van der Waals surface area contributed by atoms with E-state index in [1.165, 1.54) is 22.8 Å². The summed E-state index contributed by atoms with van der Waals surface area (Å²) in [6.07, 6.45) is 1.60. The van der Waals surface area contributed by atoms with Crippen LogP contribution in [0.5, 0.6) is 0 Å². The highest BCUT2D eigenvalue weighted by atomic mass is 19.2. The van der Waals surface area contributed by atoms with Crippen LogP contribution in [-0.2, 0) is 9.59 Å². The monoisotopic (exact) mass is 354 g/mol. The molecule has 136 valence electrons. The Bertz CT molecular complexity index is 681. The highest BCUT2D eigenvalue weighted by Crippen LogP contribution is 2.19. The molecule has 0 saturated carbocycles. The zero-order chi connectivity index (χ0) is 18.6. The van der Waals surface area contributed by atoms with Gasteiger partial charge in [0.25, 0.3) is 5.91 Å². The van der Waals surface area contributed by atoms with Crippen molar-refractivity contribution in [2.75, 3.05) is 19.6 Å². The molecule has 0 aliphatic carbocycles. The second kappa shape index (κ2) is 8.04. The Labute approximate surface area is 144 Å². The van der Waals surface area contributed by atoms with Gasteiger partial charge >= 0.3 is 5.97 Å². The highest BCUT2D eigenvalue weighted by Gasteiger charge is 2.28. The molecule has 6 nitrogen and oxygen atoms in total. The number of carboxylic acid groups (broad SMARTS) is 1. The minimum atomic E-state index is -1.09. The number of nitrogens with zero attached hydrogens (tertiary/aromatic N) is 2. The molecule has 1 saturated heterocycles. The highest BCUT2D eigenvalue weighted by molar-refractivity contribution is 5.94. The molecule has 0 aromatic heterocycles. The third-order valence-corrected chi connectivity index (χ3v) is 4.30. The Balaban J connectivity index is 2.07. The molecule has 1 aromatic carbocycles. The number of hydrogen-bond acceptors (Lipinski definition) is 3. The Kier molecular flexibility index (Phi) is 6.06. The lowest BCUT2D eigenvalue weighted by atomic mass is 10.1. The molecule has 1 fully saturated rings. The summed E-state index contributed by atoms with van der Waals surface area (Å²) >= 11 is 0. The van der Waals surface area contributed by atoms with E-state index in [4.69, 9.17) is 5.11 Å². The zero-order valence-electron chi connectivity index (χ0n) is 13.9. The number of carboxylic acids is 1. The number of halogens is 2. The molecule has 2 rings (SSSR count). The standard InChI is InChI=1S/C17H20F2N2O4/c1-11(22)21(10-16(23)24)13-3-2-7-20(8-6-13)17(25)12-4-5-14(18)15(19)9-12/h4-5,9,13H,2-3,6-8,10H2,1H3,(H,23,24). The molecular formula is C17H20F2N2O4. The van der Waals surface area contributed by atoms with Crippen molar-refractivity contribution in [3.8, 4) is 0 Å². The normalized spacial score (nSPS) is 17.7. The maximum Gasteiger partial charge on any atom is 0.323 e. The van der Waals surface area contributed by atoms with Gasteiger partial charge in [-0.2, -0.15) is 0 Å². The van der Waals surface area contributed by atoms with Gasteiger partial charge in [-0.1, -0.05) is 0 Å². The molecule has 2 amide bonds. The fraction of sp³-hybridized carbons (Fsp3) is 0.471. The van der Waals surface area contributed by atoms with Gasteiger partial charge in [-0.05, 0) is 37.5 Å². The Morgan fingerprint density at radius 2 is 1.92 bits per heavy atom. The molecule has 1 N–H and O–H groups in total. The van der Waals surface area contributed by atoms with E-state index in [9.17, 15) is 23.2 Å². The predicted octanol–water partition coefficient (Wildman–Crippen LogP) is 1.89. The van der Waals surface area contributed by atoms with Crippen LogP contribution in [0.3, 0.4) is 0 Å².